The van der Waals surface area contributed by atoms with E-state index in [0.29, 0.717) is 11.6 Å². The van der Waals surface area contributed by atoms with Gasteiger partial charge in [0.15, 0.2) is 0 Å². The van der Waals surface area contributed by atoms with E-state index in [-0.39, 0.29) is 5.56 Å². The number of hydrogen-bond acceptors (Lipinski definition) is 4. The summed E-state index contributed by atoms with van der Waals surface area (Å²) in [6.07, 6.45) is 0. The molecule has 0 spiro atoms. The fourth-order valence-corrected chi connectivity index (χ4v) is 1.46. The van der Waals surface area contributed by atoms with Gasteiger partial charge >= 0.3 is 5.97 Å². The van der Waals surface area contributed by atoms with Gasteiger partial charge in [-0.25, -0.2) is 9.78 Å². The molecule has 2 aromatic rings. The van der Waals surface area contributed by atoms with E-state index in [1.54, 1.807) is 12.1 Å². The number of nitrogens with zero attached hydrogens (tertiary/aromatic N) is 1. The summed E-state index contributed by atoms with van der Waals surface area (Å²) in [6.45, 7) is 1.88. The predicted octanol–water partition coefficient (Wildman–Crippen LogP) is 2.41. The molecule has 2 rings (SSSR count). The highest BCUT2D eigenvalue weighted by Gasteiger charge is 2.03. The van der Waals surface area contributed by atoms with Crippen molar-refractivity contribution < 1.29 is 9.90 Å². The van der Waals surface area contributed by atoms with Gasteiger partial charge in [-0.2, -0.15) is 0 Å². The van der Waals surface area contributed by atoms with Crippen LogP contribution in [0.4, 0.5) is 17.3 Å². The molecule has 4 N–H and O–H groups in total. The van der Waals surface area contributed by atoms with Crippen LogP contribution in [-0.4, -0.2) is 16.1 Å². The van der Waals surface area contributed by atoms with Crippen LogP contribution < -0.4 is 11.1 Å². The molecule has 92 valence electrons. The van der Waals surface area contributed by atoms with Gasteiger partial charge in [-0.05, 0) is 42.8 Å². The number of nitrogen functional groups attached to an aromatic ring is 1. The van der Waals surface area contributed by atoms with Crippen molar-refractivity contribution in [1.82, 2.24) is 4.98 Å². The highest BCUT2D eigenvalue weighted by Crippen LogP contribution is 2.18. The molecule has 0 atom stereocenters. The van der Waals surface area contributed by atoms with Crippen molar-refractivity contribution in [2.75, 3.05) is 11.1 Å². The molecule has 5 nitrogen and oxygen atoms in total. The van der Waals surface area contributed by atoms with Crippen molar-refractivity contribution in [2.45, 2.75) is 6.92 Å². The number of benzene rings is 1. The average Bonchev–Trinajstić information content (AvgIpc) is 2.34. The summed E-state index contributed by atoms with van der Waals surface area (Å²) < 4.78 is 0. The zero-order valence-corrected chi connectivity index (χ0v) is 9.84. The summed E-state index contributed by atoms with van der Waals surface area (Å²) in [5.74, 6) is 0.155. The maximum absolute atomic E-state index is 10.7. The molecule has 5 heteroatoms. The zero-order valence-electron chi connectivity index (χ0n) is 9.84. The Balaban J connectivity index is 2.18. The van der Waals surface area contributed by atoms with Crippen LogP contribution in [0.25, 0.3) is 0 Å². The lowest BCUT2D eigenvalue weighted by Gasteiger charge is -2.07. The van der Waals surface area contributed by atoms with Crippen LogP contribution in [-0.2, 0) is 0 Å². The van der Waals surface area contributed by atoms with E-state index in [4.69, 9.17) is 10.8 Å². The quantitative estimate of drug-likeness (QED) is 0.770. The number of pyridine rings is 1. The lowest BCUT2D eigenvalue weighted by Crippen LogP contribution is -2.00. The van der Waals surface area contributed by atoms with E-state index in [1.807, 2.05) is 19.1 Å². The normalized spacial score (nSPS) is 10.1. The number of aryl methyl sites for hydroxylation is 1. The summed E-state index contributed by atoms with van der Waals surface area (Å²) in [4.78, 5) is 14.9. The third-order valence-electron chi connectivity index (χ3n) is 2.54. The van der Waals surface area contributed by atoms with E-state index in [9.17, 15) is 4.79 Å². The number of nitrogens with one attached hydrogen (secondary N) is 1. The largest absolute Gasteiger partial charge is 0.478 e. The Morgan fingerprint density at radius 1 is 1.22 bits per heavy atom. The second-order valence-corrected chi connectivity index (χ2v) is 3.91. The Labute approximate surface area is 104 Å². The topological polar surface area (TPSA) is 88.2 Å². The van der Waals surface area contributed by atoms with Gasteiger partial charge in [0.25, 0.3) is 0 Å². The molecule has 0 saturated carbocycles. The van der Waals surface area contributed by atoms with Gasteiger partial charge < -0.3 is 16.2 Å². The number of aromatic nitrogens is 1. The van der Waals surface area contributed by atoms with Crippen LogP contribution in [0.15, 0.2) is 36.4 Å². The minimum Gasteiger partial charge on any atom is -0.478 e. The number of rotatable bonds is 3. The first-order chi connectivity index (χ1) is 8.56. The fourth-order valence-electron chi connectivity index (χ4n) is 1.46. The molecule has 1 aromatic heterocycles. The Kier molecular flexibility index (Phi) is 3.14. The van der Waals surface area contributed by atoms with Gasteiger partial charge in [0.2, 0.25) is 0 Å². The minimum atomic E-state index is -0.945. The van der Waals surface area contributed by atoms with Crippen LogP contribution in [0.1, 0.15) is 15.9 Å². The first-order valence-electron chi connectivity index (χ1n) is 5.40. The van der Waals surface area contributed by atoms with E-state index in [1.165, 1.54) is 12.1 Å². The molecule has 0 saturated heterocycles. The first-order valence-corrected chi connectivity index (χ1v) is 5.40. The Morgan fingerprint density at radius 2 is 1.89 bits per heavy atom. The van der Waals surface area contributed by atoms with Crippen LogP contribution >= 0.6 is 0 Å². The van der Waals surface area contributed by atoms with E-state index < -0.39 is 5.97 Å². The Morgan fingerprint density at radius 3 is 2.44 bits per heavy atom. The zero-order chi connectivity index (χ0) is 13.1. The molecule has 1 aromatic carbocycles. The van der Waals surface area contributed by atoms with Gasteiger partial charge in [0, 0.05) is 5.69 Å². The maximum atomic E-state index is 10.7. The maximum Gasteiger partial charge on any atom is 0.335 e. The predicted molar refractivity (Wildman–Crippen MR) is 70.1 cm³/mol. The minimum absolute atomic E-state index is 0.247. The summed E-state index contributed by atoms with van der Waals surface area (Å²) in [5.41, 5.74) is 7.63. The van der Waals surface area contributed by atoms with Crippen molar-refractivity contribution in [1.29, 1.82) is 0 Å². The van der Waals surface area contributed by atoms with E-state index in [2.05, 4.69) is 10.3 Å². The molecule has 0 fully saturated rings. The van der Waals surface area contributed by atoms with Crippen LogP contribution in [0, 0.1) is 6.92 Å². The number of aromatic carboxylic acids is 1. The van der Waals surface area contributed by atoms with Crippen molar-refractivity contribution in [3.8, 4) is 0 Å². The van der Waals surface area contributed by atoms with Crippen molar-refractivity contribution in [3.05, 3.63) is 47.5 Å². The van der Waals surface area contributed by atoms with Gasteiger partial charge in [0.05, 0.1) is 5.56 Å². The van der Waals surface area contributed by atoms with Gasteiger partial charge in [-0.15, -0.1) is 0 Å². The van der Waals surface area contributed by atoms with Gasteiger partial charge in [0.1, 0.15) is 11.6 Å². The van der Waals surface area contributed by atoms with E-state index >= 15 is 0 Å². The third-order valence-corrected chi connectivity index (χ3v) is 2.54. The molecular weight excluding hydrogens is 230 g/mol. The lowest BCUT2D eigenvalue weighted by atomic mass is 10.2. The second kappa shape index (κ2) is 4.75. The van der Waals surface area contributed by atoms with Crippen LogP contribution in [0.2, 0.25) is 0 Å². The molecule has 1 heterocycles. The summed E-state index contributed by atoms with van der Waals surface area (Å²) in [6, 6.07) is 10.1. The number of carboxylic acid groups (broad SMARTS) is 1. The highest BCUT2D eigenvalue weighted by atomic mass is 16.4. The number of anilines is 3. The molecule has 0 radical (unpaired) electrons. The molecule has 0 unspecified atom stereocenters. The highest BCUT2D eigenvalue weighted by molar-refractivity contribution is 5.88. The average molecular weight is 243 g/mol. The van der Waals surface area contributed by atoms with Gasteiger partial charge in [-0.3, -0.25) is 0 Å². The molecule has 0 aliphatic heterocycles. The monoisotopic (exact) mass is 243 g/mol. The molecular formula is C13H13N3O2. The molecule has 18 heavy (non-hydrogen) atoms. The molecule has 0 bridgehead atoms. The third kappa shape index (κ3) is 2.57. The number of nitrogens with two attached hydrogens (primary N) is 1. The fraction of sp³-hybridized carbons (Fsp3) is 0.0769. The smallest absolute Gasteiger partial charge is 0.335 e. The van der Waals surface area contributed by atoms with Crippen LogP contribution in [0.5, 0.6) is 0 Å². The Bertz CT molecular complexity index is 579. The molecule has 0 aliphatic rings. The molecule has 0 amide bonds. The van der Waals surface area contributed by atoms with Crippen LogP contribution in [0.3, 0.4) is 0 Å². The van der Waals surface area contributed by atoms with Crippen molar-refractivity contribution >= 4 is 23.3 Å². The number of hydrogen-bond donors (Lipinski definition) is 3. The standard InChI is InChI=1S/C13H13N3O2/c1-8-2-7-11(16-12(8)14)15-10-5-3-9(4-6-10)13(17)18/h2-7H,1H3,(H,17,18)(H3,14,15,16). The molecule has 0 aliphatic carbocycles. The summed E-state index contributed by atoms with van der Waals surface area (Å²) in [5, 5.41) is 11.8. The summed E-state index contributed by atoms with van der Waals surface area (Å²) >= 11 is 0. The van der Waals surface area contributed by atoms with E-state index in [0.717, 1.165) is 11.3 Å². The van der Waals surface area contributed by atoms with Crippen molar-refractivity contribution in [2.24, 2.45) is 0 Å². The van der Waals surface area contributed by atoms with Gasteiger partial charge in [-0.1, -0.05) is 6.07 Å². The second-order valence-electron chi connectivity index (χ2n) is 3.91. The lowest BCUT2D eigenvalue weighted by molar-refractivity contribution is 0.0697. The number of carboxylic acids is 1. The SMILES string of the molecule is Cc1ccc(Nc2ccc(C(=O)O)cc2)nc1N. The van der Waals surface area contributed by atoms with Crippen molar-refractivity contribution in [3.63, 3.8) is 0 Å². The first kappa shape index (κ1) is 11.9. The Hall–Kier alpha value is -2.56. The summed E-state index contributed by atoms with van der Waals surface area (Å²) in [7, 11) is 0. The number of carbonyl (C=O) groups is 1.